The van der Waals surface area contributed by atoms with Gasteiger partial charge in [0, 0.05) is 24.7 Å². The second-order valence-electron chi connectivity index (χ2n) is 4.77. The van der Waals surface area contributed by atoms with Crippen molar-refractivity contribution in [3.05, 3.63) is 23.8 Å². The fourth-order valence-corrected chi connectivity index (χ4v) is 3.66. The monoisotopic (exact) mass is 279 g/mol. The summed E-state index contributed by atoms with van der Waals surface area (Å²) in [7, 11) is -3.55. The zero-order chi connectivity index (χ0) is 14.0. The summed E-state index contributed by atoms with van der Waals surface area (Å²) in [6.07, 6.45) is 1.94. The Balaban J connectivity index is 2.33. The molecule has 0 spiro atoms. The van der Waals surface area contributed by atoms with Crippen LogP contribution >= 0.6 is 0 Å². The summed E-state index contributed by atoms with van der Waals surface area (Å²) in [5.74, 6) is 0. The lowest BCUT2D eigenvalue weighted by Crippen LogP contribution is -2.34. The van der Waals surface area contributed by atoms with Gasteiger partial charge in [0.05, 0.1) is 11.0 Å². The van der Waals surface area contributed by atoms with Crippen LogP contribution in [0.1, 0.15) is 24.8 Å². The molecule has 1 aliphatic rings. The van der Waals surface area contributed by atoms with Crippen LogP contribution in [0.2, 0.25) is 0 Å². The first-order chi connectivity index (χ1) is 8.96. The third kappa shape index (κ3) is 2.88. The minimum absolute atomic E-state index is 0.0425. The summed E-state index contributed by atoms with van der Waals surface area (Å²) in [6, 6.07) is 6.81. The predicted octanol–water partition coefficient (Wildman–Crippen LogP) is 1.64. The van der Waals surface area contributed by atoms with Crippen molar-refractivity contribution in [2.45, 2.75) is 37.1 Å². The van der Waals surface area contributed by atoms with E-state index in [-0.39, 0.29) is 23.9 Å². The van der Waals surface area contributed by atoms with Crippen molar-refractivity contribution in [3.63, 3.8) is 0 Å². The van der Waals surface area contributed by atoms with Crippen molar-refractivity contribution in [2.75, 3.05) is 12.3 Å². The summed E-state index contributed by atoms with van der Waals surface area (Å²) in [4.78, 5) is 0.209. The van der Waals surface area contributed by atoms with E-state index in [1.165, 1.54) is 10.4 Å². The van der Waals surface area contributed by atoms with Crippen LogP contribution in [0.15, 0.2) is 23.1 Å². The molecule has 0 radical (unpaired) electrons. The van der Waals surface area contributed by atoms with Gasteiger partial charge >= 0.3 is 0 Å². The number of rotatable bonds is 5. The van der Waals surface area contributed by atoms with Gasteiger partial charge in [0.2, 0.25) is 10.0 Å². The molecule has 0 aliphatic heterocycles. The highest BCUT2D eigenvalue weighted by atomic mass is 32.2. The Bertz CT molecular complexity index is 615. The van der Waals surface area contributed by atoms with Crippen molar-refractivity contribution in [3.8, 4) is 6.07 Å². The molecule has 0 unspecified atom stereocenters. The van der Waals surface area contributed by atoms with Crippen LogP contribution in [0.5, 0.6) is 0 Å². The number of nitrogens with zero attached hydrogens (tertiary/aromatic N) is 2. The summed E-state index contributed by atoms with van der Waals surface area (Å²) in [5.41, 5.74) is 7.10. The highest BCUT2D eigenvalue weighted by Crippen LogP contribution is 2.32. The smallest absolute Gasteiger partial charge is 0.243 e. The molecule has 1 aromatic carbocycles. The lowest BCUT2D eigenvalue weighted by Gasteiger charge is -2.21. The molecular weight excluding hydrogens is 262 g/mol. The SMILES string of the molecule is Cc1ccc(S(=O)(=O)N(CCC#N)C2CC2)cc1N. The van der Waals surface area contributed by atoms with E-state index in [1.54, 1.807) is 12.1 Å². The second-order valence-corrected chi connectivity index (χ2v) is 6.66. The van der Waals surface area contributed by atoms with E-state index in [4.69, 9.17) is 11.0 Å². The number of nitrogen functional groups attached to an aromatic ring is 1. The van der Waals surface area contributed by atoms with Crippen molar-refractivity contribution in [1.82, 2.24) is 4.31 Å². The van der Waals surface area contributed by atoms with Gasteiger partial charge < -0.3 is 5.73 Å². The van der Waals surface area contributed by atoms with E-state index in [1.807, 2.05) is 13.0 Å². The minimum Gasteiger partial charge on any atom is -0.398 e. The quantitative estimate of drug-likeness (QED) is 0.830. The molecule has 2 N–H and O–H groups in total. The number of hydrogen-bond acceptors (Lipinski definition) is 4. The van der Waals surface area contributed by atoms with Crippen molar-refractivity contribution < 1.29 is 8.42 Å². The fraction of sp³-hybridized carbons (Fsp3) is 0.462. The van der Waals surface area contributed by atoms with Gasteiger partial charge in [0.1, 0.15) is 0 Å². The molecule has 6 heteroatoms. The summed E-state index contributed by atoms with van der Waals surface area (Å²) < 4.78 is 26.5. The number of nitriles is 1. The van der Waals surface area contributed by atoms with Crippen LogP contribution in [0, 0.1) is 18.3 Å². The van der Waals surface area contributed by atoms with Crippen LogP contribution in [0.25, 0.3) is 0 Å². The molecule has 1 aromatic rings. The Morgan fingerprint density at radius 1 is 1.47 bits per heavy atom. The third-order valence-corrected chi connectivity index (χ3v) is 5.20. The summed E-state index contributed by atoms with van der Waals surface area (Å²) >= 11 is 0. The van der Waals surface area contributed by atoms with E-state index in [0.717, 1.165) is 18.4 Å². The molecule has 1 aliphatic carbocycles. The maximum Gasteiger partial charge on any atom is 0.243 e. The first kappa shape index (κ1) is 13.8. The van der Waals surface area contributed by atoms with Gasteiger partial charge in [-0.1, -0.05) is 6.07 Å². The van der Waals surface area contributed by atoms with Crippen molar-refractivity contribution in [1.29, 1.82) is 5.26 Å². The molecule has 0 bridgehead atoms. The normalized spacial score (nSPS) is 15.4. The van der Waals surface area contributed by atoms with Gasteiger partial charge in [-0.25, -0.2) is 8.42 Å². The number of nitrogens with two attached hydrogens (primary N) is 1. The lowest BCUT2D eigenvalue weighted by molar-refractivity contribution is 0.411. The van der Waals surface area contributed by atoms with Crippen molar-refractivity contribution in [2.24, 2.45) is 0 Å². The zero-order valence-corrected chi connectivity index (χ0v) is 11.7. The van der Waals surface area contributed by atoms with Gasteiger partial charge in [-0.2, -0.15) is 9.57 Å². The first-order valence-electron chi connectivity index (χ1n) is 6.21. The Morgan fingerprint density at radius 2 is 2.16 bits per heavy atom. The molecule has 1 fully saturated rings. The van der Waals surface area contributed by atoms with Gasteiger partial charge in [0.25, 0.3) is 0 Å². The Hall–Kier alpha value is -1.58. The molecule has 5 nitrogen and oxygen atoms in total. The van der Waals surface area contributed by atoms with Crippen LogP contribution in [-0.2, 0) is 10.0 Å². The molecule has 1 saturated carbocycles. The highest BCUT2D eigenvalue weighted by molar-refractivity contribution is 7.89. The molecular formula is C13H17N3O2S. The summed E-state index contributed by atoms with van der Waals surface area (Å²) in [6.45, 7) is 2.08. The largest absolute Gasteiger partial charge is 0.398 e. The Kier molecular flexibility index (Phi) is 3.78. The topological polar surface area (TPSA) is 87.2 Å². The van der Waals surface area contributed by atoms with E-state index < -0.39 is 10.0 Å². The molecule has 102 valence electrons. The number of hydrogen-bond donors (Lipinski definition) is 1. The lowest BCUT2D eigenvalue weighted by atomic mass is 10.2. The fourth-order valence-electron chi connectivity index (χ4n) is 1.94. The predicted molar refractivity (Wildman–Crippen MR) is 72.7 cm³/mol. The first-order valence-corrected chi connectivity index (χ1v) is 7.65. The number of aryl methyl sites for hydroxylation is 1. The average Bonchev–Trinajstić information content (AvgIpc) is 3.17. The van der Waals surface area contributed by atoms with Gasteiger partial charge in [0.15, 0.2) is 0 Å². The van der Waals surface area contributed by atoms with E-state index in [0.29, 0.717) is 5.69 Å². The average molecular weight is 279 g/mol. The minimum atomic E-state index is -3.55. The van der Waals surface area contributed by atoms with Crippen LogP contribution in [-0.4, -0.2) is 25.3 Å². The molecule has 2 rings (SSSR count). The molecule has 0 atom stereocenters. The highest BCUT2D eigenvalue weighted by Gasteiger charge is 2.37. The standard InChI is InChI=1S/C13H17N3O2S/c1-10-3-6-12(9-13(10)15)19(17,18)16(8-2-7-14)11-4-5-11/h3,6,9,11H,2,4-5,8,15H2,1H3. The Morgan fingerprint density at radius 3 is 2.68 bits per heavy atom. The number of sulfonamides is 1. The Labute approximate surface area is 113 Å². The van der Waals surface area contributed by atoms with Crippen molar-refractivity contribution >= 4 is 15.7 Å². The van der Waals surface area contributed by atoms with Crippen LogP contribution in [0.3, 0.4) is 0 Å². The third-order valence-electron chi connectivity index (χ3n) is 3.26. The van der Waals surface area contributed by atoms with Crippen LogP contribution < -0.4 is 5.73 Å². The number of benzene rings is 1. The molecule has 0 saturated heterocycles. The molecule has 0 heterocycles. The molecule has 19 heavy (non-hydrogen) atoms. The number of anilines is 1. The van der Waals surface area contributed by atoms with Crippen LogP contribution in [0.4, 0.5) is 5.69 Å². The van der Waals surface area contributed by atoms with Gasteiger partial charge in [-0.05, 0) is 37.5 Å². The van der Waals surface area contributed by atoms with E-state index in [9.17, 15) is 8.42 Å². The van der Waals surface area contributed by atoms with E-state index in [2.05, 4.69) is 0 Å². The van der Waals surface area contributed by atoms with Gasteiger partial charge in [-0.3, -0.25) is 0 Å². The second kappa shape index (κ2) is 5.19. The molecule has 0 aromatic heterocycles. The van der Waals surface area contributed by atoms with E-state index >= 15 is 0 Å². The molecule has 0 amide bonds. The summed E-state index contributed by atoms with van der Waals surface area (Å²) in [5, 5.41) is 8.64. The van der Waals surface area contributed by atoms with Gasteiger partial charge in [-0.15, -0.1) is 0 Å². The maximum atomic E-state index is 12.5. The zero-order valence-electron chi connectivity index (χ0n) is 10.8. The maximum absolute atomic E-state index is 12.5.